The Morgan fingerprint density at radius 1 is 1.11 bits per heavy atom. The van der Waals surface area contributed by atoms with E-state index in [1.807, 2.05) is 0 Å². The smallest absolute Gasteiger partial charge is 0.338 e. The van der Waals surface area contributed by atoms with Crippen molar-refractivity contribution in [3.8, 4) is 16.9 Å². The maximum absolute atomic E-state index is 14.2. The molecule has 0 heterocycles. The standard InChI is InChI=1S/C21H21F3O3/c1-4-26-17-11-14(19(25)27-5-2)10-16(20(3)12-21(20,23)24)18(17)13-6-8-15(22)9-7-13/h6-11H,4-5,12H2,1-3H3. The number of benzene rings is 2. The molecule has 1 fully saturated rings. The normalized spacial score (nSPS) is 20.2. The second kappa shape index (κ2) is 6.91. The van der Waals surface area contributed by atoms with E-state index in [0.29, 0.717) is 22.4 Å². The maximum Gasteiger partial charge on any atom is 0.338 e. The van der Waals surface area contributed by atoms with Gasteiger partial charge in [0.15, 0.2) is 0 Å². The van der Waals surface area contributed by atoms with E-state index in [1.54, 1.807) is 13.8 Å². The van der Waals surface area contributed by atoms with Crippen molar-refractivity contribution in [1.82, 2.24) is 0 Å². The lowest BCUT2D eigenvalue weighted by molar-refractivity contribution is 0.0525. The van der Waals surface area contributed by atoms with Crippen LogP contribution < -0.4 is 4.74 Å². The Bertz CT molecular complexity index is 862. The van der Waals surface area contributed by atoms with Gasteiger partial charge in [-0.25, -0.2) is 18.0 Å². The summed E-state index contributed by atoms with van der Waals surface area (Å²) in [6.45, 7) is 5.35. The molecule has 27 heavy (non-hydrogen) atoms. The molecule has 6 heteroatoms. The summed E-state index contributed by atoms with van der Waals surface area (Å²) in [5, 5.41) is 0. The van der Waals surface area contributed by atoms with Crippen molar-refractivity contribution < 1.29 is 27.4 Å². The Labute approximate surface area is 156 Å². The molecule has 3 rings (SSSR count). The van der Waals surface area contributed by atoms with Gasteiger partial charge in [-0.1, -0.05) is 12.1 Å². The average molecular weight is 378 g/mol. The van der Waals surface area contributed by atoms with Crippen molar-refractivity contribution in [2.45, 2.75) is 38.5 Å². The highest BCUT2D eigenvalue weighted by atomic mass is 19.3. The molecule has 0 aromatic heterocycles. The Balaban J connectivity index is 2.25. The van der Waals surface area contributed by atoms with E-state index in [2.05, 4.69) is 0 Å². The van der Waals surface area contributed by atoms with Crippen LogP contribution in [0.4, 0.5) is 13.2 Å². The third-order valence-electron chi connectivity index (χ3n) is 4.90. The van der Waals surface area contributed by atoms with E-state index >= 15 is 0 Å². The molecule has 0 spiro atoms. The third-order valence-corrected chi connectivity index (χ3v) is 4.90. The molecule has 0 radical (unpaired) electrons. The molecular formula is C21H21F3O3. The summed E-state index contributed by atoms with van der Waals surface area (Å²) < 4.78 is 52.5. The zero-order valence-electron chi connectivity index (χ0n) is 15.4. The van der Waals surface area contributed by atoms with Crippen molar-refractivity contribution in [3.63, 3.8) is 0 Å². The summed E-state index contributed by atoms with van der Waals surface area (Å²) in [5.41, 5.74) is 0.0300. The lowest BCUT2D eigenvalue weighted by atomic mass is 9.86. The van der Waals surface area contributed by atoms with Gasteiger partial charge < -0.3 is 9.47 Å². The Hall–Kier alpha value is -2.50. The van der Waals surface area contributed by atoms with Crippen molar-refractivity contribution in [1.29, 1.82) is 0 Å². The molecule has 144 valence electrons. The van der Waals surface area contributed by atoms with Crippen molar-refractivity contribution in [3.05, 3.63) is 53.3 Å². The van der Waals surface area contributed by atoms with Crippen molar-refractivity contribution >= 4 is 5.97 Å². The number of carbonyl (C=O) groups excluding carboxylic acids is 1. The fourth-order valence-electron chi connectivity index (χ4n) is 3.26. The van der Waals surface area contributed by atoms with Crippen LogP contribution in [0.3, 0.4) is 0 Å². The zero-order valence-corrected chi connectivity index (χ0v) is 15.4. The molecule has 0 saturated heterocycles. The number of rotatable bonds is 6. The summed E-state index contributed by atoms with van der Waals surface area (Å²) in [6, 6.07) is 8.51. The van der Waals surface area contributed by atoms with E-state index in [0.717, 1.165) is 0 Å². The fraction of sp³-hybridized carbons (Fsp3) is 0.381. The van der Waals surface area contributed by atoms with Gasteiger partial charge in [0.25, 0.3) is 5.92 Å². The number of ether oxygens (including phenoxy) is 2. The predicted molar refractivity (Wildman–Crippen MR) is 95.9 cm³/mol. The second-order valence-electron chi connectivity index (χ2n) is 6.77. The van der Waals surface area contributed by atoms with Crippen LogP contribution in [-0.4, -0.2) is 25.1 Å². The maximum atomic E-state index is 14.2. The second-order valence-corrected chi connectivity index (χ2v) is 6.77. The molecular weight excluding hydrogens is 357 g/mol. The van der Waals surface area contributed by atoms with E-state index in [9.17, 15) is 18.0 Å². The highest BCUT2D eigenvalue weighted by Gasteiger charge is 2.69. The van der Waals surface area contributed by atoms with Gasteiger partial charge in [-0.15, -0.1) is 0 Å². The van der Waals surface area contributed by atoms with Gasteiger partial charge in [0.1, 0.15) is 11.6 Å². The monoisotopic (exact) mass is 378 g/mol. The minimum Gasteiger partial charge on any atom is -0.493 e. The van der Waals surface area contributed by atoms with Crippen LogP contribution in [0.1, 0.15) is 43.1 Å². The molecule has 1 saturated carbocycles. The summed E-state index contributed by atoms with van der Waals surface area (Å²) in [6.07, 6.45) is -0.327. The van der Waals surface area contributed by atoms with Gasteiger partial charge in [0.05, 0.1) is 24.2 Å². The third kappa shape index (κ3) is 3.40. The molecule has 3 nitrogen and oxygen atoms in total. The molecule has 0 aliphatic heterocycles. The molecule has 1 aliphatic rings. The highest BCUT2D eigenvalue weighted by Crippen LogP contribution is 2.63. The van der Waals surface area contributed by atoms with E-state index in [-0.39, 0.29) is 25.2 Å². The number of esters is 1. The zero-order chi connectivity index (χ0) is 19.8. The summed E-state index contributed by atoms with van der Waals surface area (Å²) in [5.74, 6) is -3.62. The lowest BCUT2D eigenvalue weighted by Gasteiger charge is -2.21. The van der Waals surface area contributed by atoms with Gasteiger partial charge in [-0.3, -0.25) is 0 Å². The number of alkyl halides is 2. The van der Waals surface area contributed by atoms with Crippen LogP contribution in [0.2, 0.25) is 0 Å². The number of halogens is 3. The van der Waals surface area contributed by atoms with Crippen LogP contribution in [0.25, 0.3) is 11.1 Å². The van der Waals surface area contributed by atoms with Crippen molar-refractivity contribution in [2.24, 2.45) is 0 Å². The van der Waals surface area contributed by atoms with Gasteiger partial charge in [0.2, 0.25) is 0 Å². The summed E-state index contributed by atoms with van der Waals surface area (Å²) in [7, 11) is 0. The predicted octanol–water partition coefficient (Wildman–Crippen LogP) is 5.36. The van der Waals surface area contributed by atoms with Crippen LogP contribution in [0.5, 0.6) is 5.75 Å². The van der Waals surface area contributed by atoms with Crippen LogP contribution in [0.15, 0.2) is 36.4 Å². The Morgan fingerprint density at radius 2 is 1.74 bits per heavy atom. The number of hydrogen-bond acceptors (Lipinski definition) is 3. The minimum atomic E-state index is -2.89. The largest absolute Gasteiger partial charge is 0.493 e. The molecule has 0 bridgehead atoms. The molecule has 0 amide bonds. The molecule has 1 atom stereocenters. The van der Waals surface area contributed by atoms with Gasteiger partial charge in [-0.2, -0.15) is 0 Å². The first-order chi connectivity index (χ1) is 12.7. The first-order valence-corrected chi connectivity index (χ1v) is 8.85. The highest BCUT2D eigenvalue weighted by molar-refractivity contribution is 5.92. The molecule has 2 aromatic carbocycles. The molecule has 1 aliphatic carbocycles. The van der Waals surface area contributed by atoms with Crippen molar-refractivity contribution in [2.75, 3.05) is 13.2 Å². The Morgan fingerprint density at radius 3 is 2.26 bits per heavy atom. The van der Waals surface area contributed by atoms with E-state index in [4.69, 9.17) is 9.47 Å². The average Bonchev–Trinajstić information content (AvgIpc) is 3.15. The van der Waals surface area contributed by atoms with Crippen LogP contribution >= 0.6 is 0 Å². The number of hydrogen-bond donors (Lipinski definition) is 0. The van der Waals surface area contributed by atoms with Crippen LogP contribution in [-0.2, 0) is 10.2 Å². The van der Waals surface area contributed by atoms with Gasteiger partial charge in [0, 0.05) is 12.0 Å². The van der Waals surface area contributed by atoms with E-state index in [1.165, 1.54) is 43.3 Å². The van der Waals surface area contributed by atoms with Crippen LogP contribution in [0, 0.1) is 5.82 Å². The number of carbonyl (C=O) groups is 1. The van der Waals surface area contributed by atoms with Gasteiger partial charge >= 0.3 is 5.97 Å². The van der Waals surface area contributed by atoms with Gasteiger partial charge in [-0.05, 0) is 56.2 Å². The summed E-state index contributed by atoms with van der Waals surface area (Å²) in [4.78, 5) is 12.2. The Kier molecular flexibility index (Phi) is 4.93. The molecule has 2 aromatic rings. The topological polar surface area (TPSA) is 35.5 Å². The lowest BCUT2D eigenvalue weighted by Crippen LogP contribution is -2.16. The first-order valence-electron chi connectivity index (χ1n) is 8.85. The first kappa shape index (κ1) is 19.3. The quantitative estimate of drug-likeness (QED) is 0.635. The molecule has 1 unspecified atom stereocenters. The molecule has 0 N–H and O–H groups in total. The SMILES string of the molecule is CCOC(=O)c1cc(OCC)c(-c2ccc(F)cc2)c(C2(C)CC2(F)F)c1. The minimum absolute atomic E-state index is 0.157. The fourth-order valence-corrected chi connectivity index (χ4v) is 3.26. The van der Waals surface area contributed by atoms with E-state index < -0.39 is 23.1 Å². The summed E-state index contributed by atoms with van der Waals surface area (Å²) >= 11 is 0.